The third-order valence-electron chi connectivity index (χ3n) is 3.16. The second kappa shape index (κ2) is 7.85. The van der Waals surface area contributed by atoms with E-state index in [1.165, 1.54) is 17.5 Å². The Labute approximate surface area is 117 Å². The number of thioether (sulfide) groups is 1. The molecule has 0 aliphatic carbocycles. The molecular formula is C16H27NS. The predicted molar refractivity (Wildman–Crippen MR) is 84.1 cm³/mol. The van der Waals surface area contributed by atoms with E-state index in [-0.39, 0.29) is 6.04 Å². The van der Waals surface area contributed by atoms with Crippen LogP contribution >= 0.6 is 11.8 Å². The van der Waals surface area contributed by atoms with Gasteiger partial charge in [0.05, 0.1) is 0 Å². The van der Waals surface area contributed by atoms with Crippen LogP contribution in [0.15, 0.2) is 24.3 Å². The molecule has 0 bridgehead atoms. The lowest BCUT2D eigenvalue weighted by molar-refractivity contribution is 0.646. The second-order valence-electron chi connectivity index (χ2n) is 5.50. The summed E-state index contributed by atoms with van der Waals surface area (Å²) in [6, 6.07) is 8.95. The lowest BCUT2D eigenvalue weighted by atomic mass is 9.99. The van der Waals surface area contributed by atoms with Gasteiger partial charge in [-0.3, -0.25) is 0 Å². The van der Waals surface area contributed by atoms with Gasteiger partial charge in [0.1, 0.15) is 0 Å². The van der Waals surface area contributed by atoms with E-state index < -0.39 is 0 Å². The Morgan fingerprint density at radius 2 is 1.94 bits per heavy atom. The fourth-order valence-corrected chi connectivity index (χ4v) is 2.87. The number of benzene rings is 1. The molecule has 0 amide bonds. The molecule has 0 aromatic heterocycles. The molecule has 1 aromatic rings. The molecule has 18 heavy (non-hydrogen) atoms. The molecule has 1 rings (SSSR count). The normalized spacial score (nSPS) is 14.8. The molecule has 102 valence electrons. The quantitative estimate of drug-likeness (QED) is 0.790. The van der Waals surface area contributed by atoms with Crippen LogP contribution < -0.4 is 5.73 Å². The van der Waals surface area contributed by atoms with Crippen molar-refractivity contribution in [1.29, 1.82) is 0 Å². The largest absolute Gasteiger partial charge is 0.323 e. The van der Waals surface area contributed by atoms with Crippen LogP contribution in [-0.2, 0) is 6.42 Å². The minimum absolute atomic E-state index is 0.163. The van der Waals surface area contributed by atoms with E-state index in [0.717, 1.165) is 12.2 Å². The first-order valence-electron chi connectivity index (χ1n) is 6.99. The van der Waals surface area contributed by atoms with Gasteiger partial charge in [0.2, 0.25) is 0 Å². The molecule has 0 heterocycles. The van der Waals surface area contributed by atoms with E-state index in [2.05, 4.69) is 52.0 Å². The number of nitrogens with two attached hydrogens (primary N) is 1. The Balaban J connectivity index is 2.59. The van der Waals surface area contributed by atoms with Crippen LogP contribution in [-0.4, -0.2) is 11.0 Å². The van der Waals surface area contributed by atoms with Crippen molar-refractivity contribution < 1.29 is 0 Å². The third-order valence-corrected chi connectivity index (χ3v) is 4.61. The predicted octanol–water partition coefficient (Wildman–Crippen LogP) is 4.42. The van der Waals surface area contributed by atoms with Crippen LogP contribution in [0.25, 0.3) is 0 Å². The molecular weight excluding hydrogens is 238 g/mol. The highest BCUT2D eigenvalue weighted by Crippen LogP contribution is 2.22. The maximum Gasteiger partial charge on any atom is 0.0386 e. The molecule has 0 saturated carbocycles. The summed E-state index contributed by atoms with van der Waals surface area (Å²) in [7, 11) is 0. The second-order valence-corrected chi connectivity index (χ2v) is 6.97. The molecule has 0 aliphatic heterocycles. The first kappa shape index (κ1) is 15.6. The number of hydrogen-bond acceptors (Lipinski definition) is 2. The standard InChI is InChI=1S/C16H27NS/c1-5-13(4)18-11-16(17)15-8-6-7-14(10-15)9-12(2)3/h6-8,10,12-13,16H,5,9,11,17H2,1-4H3. The van der Waals surface area contributed by atoms with Gasteiger partial charge in [0, 0.05) is 17.0 Å². The van der Waals surface area contributed by atoms with E-state index in [1.54, 1.807) is 0 Å². The molecule has 0 saturated heterocycles. The van der Waals surface area contributed by atoms with Gasteiger partial charge in [-0.15, -0.1) is 0 Å². The molecule has 1 aromatic carbocycles. The van der Waals surface area contributed by atoms with Crippen LogP contribution in [0, 0.1) is 5.92 Å². The Morgan fingerprint density at radius 3 is 2.56 bits per heavy atom. The minimum atomic E-state index is 0.163. The lowest BCUT2D eigenvalue weighted by Gasteiger charge is -2.16. The molecule has 0 aliphatic rings. The SMILES string of the molecule is CCC(C)SCC(N)c1cccc(CC(C)C)c1. The summed E-state index contributed by atoms with van der Waals surface area (Å²) in [5.41, 5.74) is 8.97. The average molecular weight is 265 g/mol. The number of hydrogen-bond donors (Lipinski definition) is 1. The summed E-state index contributed by atoms with van der Waals surface area (Å²) in [4.78, 5) is 0. The van der Waals surface area contributed by atoms with Crippen molar-refractivity contribution >= 4 is 11.8 Å². The first-order valence-corrected chi connectivity index (χ1v) is 8.03. The van der Waals surface area contributed by atoms with Gasteiger partial charge < -0.3 is 5.73 Å². The van der Waals surface area contributed by atoms with E-state index in [0.29, 0.717) is 11.2 Å². The summed E-state index contributed by atoms with van der Waals surface area (Å²) in [5.74, 6) is 1.71. The van der Waals surface area contributed by atoms with Crippen molar-refractivity contribution in [1.82, 2.24) is 0 Å². The van der Waals surface area contributed by atoms with Crippen LogP contribution in [0.2, 0.25) is 0 Å². The van der Waals surface area contributed by atoms with Crippen molar-refractivity contribution in [3.8, 4) is 0 Å². The maximum atomic E-state index is 6.28. The zero-order chi connectivity index (χ0) is 13.5. The van der Waals surface area contributed by atoms with Gasteiger partial charge in [-0.2, -0.15) is 11.8 Å². The lowest BCUT2D eigenvalue weighted by Crippen LogP contribution is -2.15. The molecule has 0 fully saturated rings. The summed E-state index contributed by atoms with van der Waals surface area (Å²) >= 11 is 1.97. The Bertz CT molecular complexity index is 349. The fourth-order valence-electron chi connectivity index (χ4n) is 1.90. The average Bonchev–Trinajstić information content (AvgIpc) is 2.35. The summed E-state index contributed by atoms with van der Waals surface area (Å²) in [6.45, 7) is 9.01. The summed E-state index contributed by atoms with van der Waals surface area (Å²) < 4.78 is 0. The van der Waals surface area contributed by atoms with Crippen molar-refractivity contribution in [2.75, 3.05) is 5.75 Å². The van der Waals surface area contributed by atoms with Crippen LogP contribution in [0.5, 0.6) is 0 Å². The van der Waals surface area contributed by atoms with E-state index in [4.69, 9.17) is 5.73 Å². The Hall–Kier alpha value is -0.470. The molecule has 1 nitrogen and oxygen atoms in total. The van der Waals surface area contributed by atoms with Crippen LogP contribution in [0.4, 0.5) is 0 Å². The van der Waals surface area contributed by atoms with E-state index >= 15 is 0 Å². The molecule has 2 N–H and O–H groups in total. The Kier molecular flexibility index (Phi) is 6.80. The monoisotopic (exact) mass is 265 g/mol. The maximum absolute atomic E-state index is 6.28. The highest BCUT2D eigenvalue weighted by atomic mass is 32.2. The van der Waals surface area contributed by atoms with Gasteiger partial charge in [-0.05, 0) is 29.9 Å². The van der Waals surface area contributed by atoms with Crippen molar-refractivity contribution in [2.45, 2.75) is 51.8 Å². The van der Waals surface area contributed by atoms with E-state index in [9.17, 15) is 0 Å². The fraction of sp³-hybridized carbons (Fsp3) is 0.625. The summed E-state index contributed by atoms with van der Waals surface area (Å²) in [5, 5.41) is 0.704. The topological polar surface area (TPSA) is 26.0 Å². The third kappa shape index (κ3) is 5.45. The highest BCUT2D eigenvalue weighted by molar-refractivity contribution is 7.99. The van der Waals surface area contributed by atoms with Crippen molar-refractivity contribution in [2.24, 2.45) is 11.7 Å². The van der Waals surface area contributed by atoms with Gasteiger partial charge in [-0.1, -0.05) is 52.0 Å². The minimum Gasteiger partial charge on any atom is -0.323 e. The zero-order valence-electron chi connectivity index (χ0n) is 12.1. The Morgan fingerprint density at radius 1 is 1.22 bits per heavy atom. The van der Waals surface area contributed by atoms with E-state index in [1.807, 2.05) is 11.8 Å². The molecule has 0 spiro atoms. The zero-order valence-corrected chi connectivity index (χ0v) is 13.0. The molecule has 2 heteroatoms. The molecule has 2 unspecified atom stereocenters. The smallest absolute Gasteiger partial charge is 0.0386 e. The van der Waals surface area contributed by atoms with Gasteiger partial charge >= 0.3 is 0 Å². The van der Waals surface area contributed by atoms with Gasteiger partial charge in [0.25, 0.3) is 0 Å². The van der Waals surface area contributed by atoms with Crippen LogP contribution in [0.3, 0.4) is 0 Å². The highest BCUT2D eigenvalue weighted by Gasteiger charge is 2.09. The molecule has 2 atom stereocenters. The first-order chi connectivity index (χ1) is 8.52. The summed E-state index contributed by atoms with van der Waals surface area (Å²) in [6.07, 6.45) is 2.35. The molecule has 0 radical (unpaired) electrons. The van der Waals surface area contributed by atoms with Gasteiger partial charge in [0.15, 0.2) is 0 Å². The van der Waals surface area contributed by atoms with Crippen molar-refractivity contribution in [3.63, 3.8) is 0 Å². The van der Waals surface area contributed by atoms with Gasteiger partial charge in [-0.25, -0.2) is 0 Å². The number of rotatable bonds is 7. The van der Waals surface area contributed by atoms with Crippen molar-refractivity contribution in [3.05, 3.63) is 35.4 Å². The van der Waals surface area contributed by atoms with Crippen LogP contribution in [0.1, 0.15) is 51.3 Å².